The van der Waals surface area contributed by atoms with Crippen molar-refractivity contribution < 1.29 is 14.7 Å². The molecule has 1 heterocycles. The third-order valence-corrected chi connectivity index (χ3v) is 3.40. The normalized spacial score (nSPS) is 14.6. The van der Waals surface area contributed by atoms with Gasteiger partial charge in [-0.3, -0.25) is 9.59 Å². The fourth-order valence-electron chi connectivity index (χ4n) is 1.62. The number of thiazole rings is 1. The van der Waals surface area contributed by atoms with Crippen LogP contribution in [0.5, 0.6) is 0 Å². The number of rotatable bonds is 5. The topological polar surface area (TPSA) is 70.5 Å². The number of carboxylic acid groups (broad SMARTS) is 1. The van der Waals surface area contributed by atoms with Crippen molar-refractivity contribution in [2.45, 2.75) is 19.8 Å². The Balaban J connectivity index is 2.07. The van der Waals surface area contributed by atoms with Crippen LogP contribution in [0.3, 0.4) is 0 Å². The van der Waals surface area contributed by atoms with Gasteiger partial charge >= 0.3 is 5.97 Å². The summed E-state index contributed by atoms with van der Waals surface area (Å²) in [5.41, 5.74) is 0.356. The summed E-state index contributed by atoms with van der Waals surface area (Å²) in [5, 5.41) is 11.3. The highest BCUT2D eigenvalue weighted by Crippen LogP contribution is 2.30. The molecule has 0 unspecified atom stereocenters. The molecule has 0 radical (unpaired) electrons. The first-order chi connectivity index (χ1) is 8.06. The van der Waals surface area contributed by atoms with Gasteiger partial charge in [-0.15, -0.1) is 11.3 Å². The van der Waals surface area contributed by atoms with Crippen molar-refractivity contribution >= 4 is 23.2 Å². The van der Waals surface area contributed by atoms with Crippen molar-refractivity contribution in [2.75, 3.05) is 13.1 Å². The number of aromatic nitrogens is 1. The molecular formula is C11H14N2O3S. The highest BCUT2D eigenvalue weighted by atomic mass is 32.1. The van der Waals surface area contributed by atoms with Crippen LogP contribution in [-0.2, 0) is 4.79 Å². The largest absolute Gasteiger partial charge is 0.480 e. The number of hydrogen-bond acceptors (Lipinski definition) is 4. The lowest BCUT2D eigenvalue weighted by molar-refractivity contribution is -0.137. The van der Waals surface area contributed by atoms with E-state index in [0.717, 1.165) is 17.8 Å². The summed E-state index contributed by atoms with van der Waals surface area (Å²) in [6, 6.07) is 0. The lowest BCUT2D eigenvalue weighted by Crippen LogP contribution is -2.37. The molecule has 0 atom stereocenters. The molecule has 92 valence electrons. The zero-order valence-electron chi connectivity index (χ0n) is 9.55. The molecule has 17 heavy (non-hydrogen) atoms. The predicted octanol–water partition coefficient (Wildman–Crippen LogP) is 1.39. The molecule has 1 aromatic rings. The summed E-state index contributed by atoms with van der Waals surface area (Å²) in [6.45, 7) is 2.11. The number of aliphatic carboxylic acids is 1. The summed E-state index contributed by atoms with van der Waals surface area (Å²) in [4.78, 5) is 28.3. The molecule has 1 aliphatic carbocycles. The monoisotopic (exact) mass is 254 g/mol. The molecular weight excluding hydrogens is 240 g/mol. The number of amides is 1. The van der Waals surface area contributed by atoms with Crippen LogP contribution in [0.25, 0.3) is 0 Å². The third kappa shape index (κ3) is 3.26. The van der Waals surface area contributed by atoms with Gasteiger partial charge in [-0.05, 0) is 25.7 Å². The van der Waals surface area contributed by atoms with Gasteiger partial charge in [-0.1, -0.05) is 0 Å². The maximum absolute atomic E-state index is 12.1. The highest BCUT2D eigenvalue weighted by Gasteiger charge is 2.29. The lowest BCUT2D eigenvalue weighted by Gasteiger charge is -2.19. The number of carbonyl (C=O) groups excluding carboxylic acids is 1. The summed E-state index contributed by atoms with van der Waals surface area (Å²) in [5.74, 6) is -0.785. The Morgan fingerprint density at radius 2 is 2.29 bits per heavy atom. The van der Waals surface area contributed by atoms with Crippen molar-refractivity contribution in [3.63, 3.8) is 0 Å². The number of hydrogen-bond donors (Lipinski definition) is 1. The van der Waals surface area contributed by atoms with E-state index in [0.29, 0.717) is 18.2 Å². The van der Waals surface area contributed by atoms with E-state index in [1.54, 1.807) is 5.38 Å². The number of carboxylic acids is 1. The van der Waals surface area contributed by atoms with Crippen LogP contribution in [0.15, 0.2) is 5.38 Å². The van der Waals surface area contributed by atoms with E-state index >= 15 is 0 Å². The molecule has 1 aromatic heterocycles. The molecule has 0 aliphatic heterocycles. The molecule has 5 nitrogen and oxygen atoms in total. The van der Waals surface area contributed by atoms with Crippen LogP contribution in [0.1, 0.15) is 28.3 Å². The zero-order chi connectivity index (χ0) is 12.4. The Labute approximate surface area is 103 Å². The van der Waals surface area contributed by atoms with Crippen molar-refractivity contribution in [3.05, 3.63) is 16.1 Å². The fourth-order valence-corrected chi connectivity index (χ4v) is 2.21. The van der Waals surface area contributed by atoms with Crippen molar-refractivity contribution in [2.24, 2.45) is 5.92 Å². The first-order valence-electron chi connectivity index (χ1n) is 5.49. The second kappa shape index (κ2) is 4.83. The van der Waals surface area contributed by atoms with E-state index in [9.17, 15) is 9.59 Å². The van der Waals surface area contributed by atoms with Gasteiger partial charge in [-0.25, -0.2) is 4.98 Å². The minimum Gasteiger partial charge on any atom is -0.480 e. The van der Waals surface area contributed by atoms with Crippen molar-refractivity contribution in [1.29, 1.82) is 0 Å². The van der Waals surface area contributed by atoms with E-state index < -0.39 is 5.97 Å². The van der Waals surface area contributed by atoms with Crippen molar-refractivity contribution in [1.82, 2.24) is 9.88 Å². The second-order valence-electron chi connectivity index (χ2n) is 4.27. The third-order valence-electron chi connectivity index (χ3n) is 2.63. The number of nitrogens with zero attached hydrogens (tertiary/aromatic N) is 2. The van der Waals surface area contributed by atoms with E-state index in [4.69, 9.17) is 5.11 Å². The van der Waals surface area contributed by atoms with Gasteiger partial charge in [0.05, 0.1) is 5.01 Å². The fraction of sp³-hybridized carbons (Fsp3) is 0.545. The van der Waals surface area contributed by atoms with Gasteiger partial charge in [0.25, 0.3) is 5.91 Å². The van der Waals surface area contributed by atoms with Gasteiger partial charge in [0.1, 0.15) is 12.2 Å². The molecule has 1 fully saturated rings. The van der Waals surface area contributed by atoms with Gasteiger partial charge in [0.2, 0.25) is 0 Å². The van der Waals surface area contributed by atoms with E-state index in [2.05, 4.69) is 4.98 Å². The van der Waals surface area contributed by atoms with Crippen LogP contribution in [0, 0.1) is 12.8 Å². The maximum atomic E-state index is 12.1. The minimum atomic E-state index is -0.981. The molecule has 0 aromatic carbocycles. The summed E-state index contributed by atoms with van der Waals surface area (Å²) in [6.07, 6.45) is 2.17. The zero-order valence-corrected chi connectivity index (χ0v) is 10.4. The Morgan fingerprint density at radius 1 is 1.59 bits per heavy atom. The second-order valence-corrected chi connectivity index (χ2v) is 5.34. The van der Waals surface area contributed by atoms with Crippen LogP contribution in [-0.4, -0.2) is 40.0 Å². The molecule has 0 bridgehead atoms. The number of carbonyl (C=O) groups is 2. The van der Waals surface area contributed by atoms with E-state index in [1.807, 2.05) is 6.92 Å². The van der Waals surface area contributed by atoms with Crippen LogP contribution < -0.4 is 0 Å². The Hall–Kier alpha value is -1.43. The summed E-state index contributed by atoms with van der Waals surface area (Å²) in [7, 11) is 0. The first kappa shape index (κ1) is 12.0. The molecule has 0 saturated heterocycles. The molecule has 0 spiro atoms. The molecule has 2 rings (SSSR count). The molecule has 1 aliphatic rings. The molecule has 1 amide bonds. The Bertz CT molecular complexity index is 440. The maximum Gasteiger partial charge on any atom is 0.323 e. The average molecular weight is 254 g/mol. The van der Waals surface area contributed by atoms with Crippen molar-refractivity contribution in [3.8, 4) is 0 Å². The van der Waals surface area contributed by atoms with Gasteiger partial charge in [0, 0.05) is 11.9 Å². The highest BCUT2D eigenvalue weighted by molar-refractivity contribution is 7.09. The minimum absolute atomic E-state index is 0.244. The standard InChI is InChI=1S/C11H14N2O3S/c1-7-12-9(6-17-7)11(16)13(5-10(14)15)4-8-2-3-8/h6,8H,2-5H2,1H3,(H,14,15). The smallest absolute Gasteiger partial charge is 0.323 e. The van der Waals surface area contributed by atoms with Gasteiger partial charge < -0.3 is 10.0 Å². The van der Waals surface area contributed by atoms with Crippen LogP contribution in [0.2, 0.25) is 0 Å². The predicted molar refractivity (Wildman–Crippen MR) is 63.1 cm³/mol. The molecule has 6 heteroatoms. The Kier molecular flexibility index (Phi) is 3.42. The van der Waals surface area contributed by atoms with E-state index in [-0.39, 0.29) is 12.5 Å². The molecule has 1 N–H and O–H groups in total. The van der Waals surface area contributed by atoms with Gasteiger partial charge in [-0.2, -0.15) is 0 Å². The summed E-state index contributed by atoms with van der Waals surface area (Å²) >= 11 is 1.40. The first-order valence-corrected chi connectivity index (χ1v) is 6.37. The summed E-state index contributed by atoms with van der Waals surface area (Å²) < 4.78 is 0. The molecule has 1 saturated carbocycles. The van der Waals surface area contributed by atoms with Gasteiger partial charge in [0.15, 0.2) is 0 Å². The van der Waals surface area contributed by atoms with Crippen LogP contribution in [0.4, 0.5) is 0 Å². The van der Waals surface area contributed by atoms with Crippen LogP contribution >= 0.6 is 11.3 Å². The lowest BCUT2D eigenvalue weighted by atomic mass is 10.3. The van der Waals surface area contributed by atoms with E-state index in [1.165, 1.54) is 16.2 Å². The number of aryl methyl sites for hydroxylation is 1. The SMILES string of the molecule is Cc1nc(C(=O)N(CC(=O)O)CC2CC2)cs1. The average Bonchev–Trinajstić information content (AvgIpc) is 2.96. The Morgan fingerprint density at radius 3 is 2.76 bits per heavy atom. The quantitative estimate of drug-likeness (QED) is 0.862.